The number of ether oxygens (including phenoxy) is 1. The van der Waals surface area contributed by atoms with Gasteiger partial charge in [-0.15, -0.1) is 0 Å². The zero-order valence-electron chi connectivity index (χ0n) is 11.6. The van der Waals surface area contributed by atoms with E-state index in [4.69, 9.17) is 4.74 Å². The Kier molecular flexibility index (Phi) is 5.40. The molecule has 0 saturated carbocycles. The Balaban J connectivity index is 1.92. The van der Waals surface area contributed by atoms with Crippen LogP contribution in [0, 0.1) is 0 Å². The van der Waals surface area contributed by atoms with E-state index >= 15 is 0 Å². The van der Waals surface area contributed by atoms with Crippen LogP contribution in [0.2, 0.25) is 0 Å². The van der Waals surface area contributed by atoms with Gasteiger partial charge in [-0.25, -0.2) is 0 Å². The Labute approximate surface area is 115 Å². The summed E-state index contributed by atoms with van der Waals surface area (Å²) < 4.78 is 5.53. The van der Waals surface area contributed by atoms with Crippen molar-refractivity contribution in [2.75, 3.05) is 13.2 Å². The first kappa shape index (κ1) is 14.1. The average Bonchev–Trinajstić information content (AvgIpc) is 2.96. The summed E-state index contributed by atoms with van der Waals surface area (Å²) in [7, 11) is 0. The summed E-state index contributed by atoms with van der Waals surface area (Å²) in [6.45, 7) is 3.59. The van der Waals surface area contributed by atoms with E-state index in [-0.39, 0.29) is 17.9 Å². The third-order valence-corrected chi connectivity index (χ3v) is 3.62. The fourth-order valence-corrected chi connectivity index (χ4v) is 2.57. The van der Waals surface area contributed by atoms with Gasteiger partial charge >= 0.3 is 0 Å². The maximum atomic E-state index is 12.3. The molecule has 2 atom stereocenters. The molecule has 0 spiro atoms. The molecule has 1 heterocycles. The number of carbonyl (C=O) groups excluding carboxylic acids is 1. The van der Waals surface area contributed by atoms with E-state index in [1.54, 1.807) is 0 Å². The molecule has 2 rings (SSSR count). The van der Waals surface area contributed by atoms with E-state index in [1.165, 1.54) is 0 Å². The van der Waals surface area contributed by atoms with Gasteiger partial charge < -0.3 is 10.1 Å². The van der Waals surface area contributed by atoms with Gasteiger partial charge in [0.2, 0.25) is 5.91 Å². The predicted octanol–water partition coefficient (Wildman–Crippen LogP) is 2.87. The summed E-state index contributed by atoms with van der Waals surface area (Å²) in [6.07, 6.45) is 4.28. The Hall–Kier alpha value is -1.35. The molecular weight excluding hydrogens is 238 g/mol. The van der Waals surface area contributed by atoms with Crippen LogP contribution >= 0.6 is 0 Å². The molecule has 19 heavy (non-hydrogen) atoms. The van der Waals surface area contributed by atoms with Gasteiger partial charge in [0.1, 0.15) is 0 Å². The lowest BCUT2D eigenvalue weighted by atomic mass is 9.93. The van der Waals surface area contributed by atoms with Gasteiger partial charge in [-0.1, -0.05) is 43.7 Å². The SMILES string of the molecule is CCC[C@@H](C(=O)NC[C@@H]1CCCO1)c1ccccc1. The molecule has 0 bridgehead atoms. The lowest BCUT2D eigenvalue weighted by molar-refractivity contribution is -0.123. The highest BCUT2D eigenvalue weighted by Gasteiger charge is 2.21. The lowest BCUT2D eigenvalue weighted by Crippen LogP contribution is -2.35. The average molecular weight is 261 g/mol. The van der Waals surface area contributed by atoms with Crippen LogP contribution in [-0.2, 0) is 9.53 Å². The number of amides is 1. The molecule has 1 N–H and O–H groups in total. The fraction of sp³-hybridized carbons (Fsp3) is 0.562. The fourth-order valence-electron chi connectivity index (χ4n) is 2.57. The van der Waals surface area contributed by atoms with Crippen LogP contribution in [0.3, 0.4) is 0 Å². The Bertz CT molecular complexity index is 385. The van der Waals surface area contributed by atoms with Crippen molar-refractivity contribution in [2.24, 2.45) is 0 Å². The van der Waals surface area contributed by atoms with E-state index in [1.807, 2.05) is 30.3 Å². The van der Waals surface area contributed by atoms with Gasteiger partial charge in [-0.3, -0.25) is 4.79 Å². The summed E-state index contributed by atoms with van der Waals surface area (Å²) in [4.78, 5) is 12.3. The highest BCUT2D eigenvalue weighted by molar-refractivity contribution is 5.83. The smallest absolute Gasteiger partial charge is 0.227 e. The molecule has 104 valence electrons. The summed E-state index contributed by atoms with van der Waals surface area (Å²) in [6, 6.07) is 10.0. The molecule has 0 radical (unpaired) electrons. The van der Waals surface area contributed by atoms with Crippen LogP contribution in [0.1, 0.15) is 44.1 Å². The summed E-state index contributed by atoms with van der Waals surface area (Å²) in [5, 5.41) is 3.04. The van der Waals surface area contributed by atoms with Crippen molar-refractivity contribution in [1.29, 1.82) is 0 Å². The van der Waals surface area contributed by atoms with Gasteiger partial charge in [0.15, 0.2) is 0 Å². The maximum absolute atomic E-state index is 12.3. The minimum atomic E-state index is -0.0346. The van der Waals surface area contributed by atoms with E-state index in [9.17, 15) is 4.79 Å². The second kappa shape index (κ2) is 7.29. The molecule has 3 heteroatoms. The van der Waals surface area contributed by atoms with Gasteiger partial charge in [0.25, 0.3) is 0 Å². The molecule has 0 aromatic heterocycles. The highest BCUT2D eigenvalue weighted by atomic mass is 16.5. The van der Waals surface area contributed by atoms with Crippen molar-refractivity contribution < 1.29 is 9.53 Å². The topological polar surface area (TPSA) is 38.3 Å². The molecule has 1 fully saturated rings. The molecule has 1 saturated heterocycles. The molecule has 0 unspecified atom stereocenters. The third kappa shape index (κ3) is 4.06. The minimum Gasteiger partial charge on any atom is -0.376 e. The lowest BCUT2D eigenvalue weighted by Gasteiger charge is -2.18. The third-order valence-electron chi connectivity index (χ3n) is 3.62. The Morgan fingerprint density at radius 3 is 2.84 bits per heavy atom. The number of hydrogen-bond donors (Lipinski definition) is 1. The van der Waals surface area contributed by atoms with Crippen molar-refractivity contribution in [3.05, 3.63) is 35.9 Å². The van der Waals surface area contributed by atoms with Crippen molar-refractivity contribution in [3.63, 3.8) is 0 Å². The van der Waals surface area contributed by atoms with Crippen molar-refractivity contribution in [1.82, 2.24) is 5.32 Å². The monoisotopic (exact) mass is 261 g/mol. The molecule has 1 amide bonds. The molecule has 1 aromatic rings. The first-order valence-corrected chi connectivity index (χ1v) is 7.25. The number of carbonyl (C=O) groups is 1. The summed E-state index contributed by atoms with van der Waals surface area (Å²) >= 11 is 0. The van der Waals surface area contributed by atoms with Crippen LogP contribution in [0.15, 0.2) is 30.3 Å². The number of benzene rings is 1. The molecular formula is C16H23NO2. The molecule has 1 aromatic carbocycles. The van der Waals surface area contributed by atoms with Crippen LogP contribution < -0.4 is 5.32 Å². The van der Waals surface area contributed by atoms with E-state index in [0.29, 0.717) is 6.54 Å². The van der Waals surface area contributed by atoms with Crippen molar-refractivity contribution in [3.8, 4) is 0 Å². The standard InChI is InChI=1S/C16H23NO2/c1-2-7-15(13-8-4-3-5-9-13)16(18)17-12-14-10-6-11-19-14/h3-5,8-9,14-15H,2,6-7,10-12H2,1H3,(H,17,18)/t14-,15+/m0/s1. The van der Waals surface area contributed by atoms with Crippen molar-refractivity contribution in [2.45, 2.75) is 44.6 Å². The summed E-state index contributed by atoms with van der Waals surface area (Å²) in [5.41, 5.74) is 1.11. The Morgan fingerprint density at radius 2 is 2.21 bits per heavy atom. The largest absolute Gasteiger partial charge is 0.376 e. The first-order valence-electron chi connectivity index (χ1n) is 7.25. The number of nitrogens with one attached hydrogen (secondary N) is 1. The van der Waals surface area contributed by atoms with Crippen molar-refractivity contribution >= 4 is 5.91 Å². The molecule has 1 aliphatic rings. The molecule has 3 nitrogen and oxygen atoms in total. The number of hydrogen-bond acceptors (Lipinski definition) is 2. The zero-order valence-corrected chi connectivity index (χ0v) is 11.6. The first-order chi connectivity index (χ1) is 9.31. The van der Waals surface area contributed by atoms with E-state index in [2.05, 4.69) is 12.2 Å². The van der Waals surface area contributed by atoms with Gasteiger partial charge in [-0.2, -0.15) is 0 Å². The van der Waals surface area contributed by atoms with Crippen LogP contribution in [0.25, 0.3) is 0 Å². The van der Waals surface area contributed by atoms with Crippen LogP contribution in [0.4, 0.5) is 0 Å². The van der Waals surface area contributed by atoms with Gasteiger partial charge in [0, 0.05) is 13.2 Å². The van der Waals surface area contributed by atoms with E-state index in [0.717, 1.165) is 37.9 Å². The van der Waals surface area contributed by atoms with Crippen LogP contribution in [-0.4, -0.2) is 25.2 Å². The van der Waals surface area contributed by atoms with Gasteiger partial charge in [0.05, 0.1) is 12.0 Å². The zero-order chi connectivity index (χ0) is 13.5. The second-order valence-corrected chi connectivity index (χ2v) is 5.13. The maximum Gasteiger partial charge on any atom is 0.227 e. The molecule has 1 aliphatic heterocycles. The highest BCUT2D eigenvalue weighted by Crippen LogP contribution is 2.21. The van der Waals surface area contributed by atoms with E-state index < -0.39 is 0 Å². The predicted molar refractivity (Wildman–Crippen MR) is 76.1 cm³/mol. The number of rotatable bonds is 6. The quantitative estimate of drug-likeness (QED) is 0.855. The normalized spacial score (nSPS) is 20.2. The minimum absolute atomic E-state index is 0.0346. The summed E-state index contributed by atoms with van der Waals surface area (Å²) in [5.74, 6) is 0.0937. The second-order valence-electron chi connectivity index (χ2n) is 5.13. The Morgan fingerprint density at radius 1 is 1.42 bits per heavy atom. The van der Waals surface area contributed by atoms with Gasteiger partial charge in [-0.05, 0) is 24.8 Å². The molecule has 0 aliphatic carbocycles. The van der Waals surface area contributed by atoms with Crippen LogP contribution in [0.5, 0.6) is 0 Å².